The molecule has 4 nitrogen and oxygen atoms in total. The molecule has 0 amide bonds. The Hall–Kier alpha value is -4.05. The van der Waals surface area contributed by atoms with E-state index in [-0.39, 0.29) is 39.0 Å². The van der Waals surface area contributed by atoms with Crippen LogP contribution < -0.4 is 31.8 Å². The first-order valence-electron chi connectivity index (χ1n) is 17.6. The first-order chi connectivity index (χ1) is 27.1. The van der Waals surface area contributed by atoms with Crippen LogP contribution in [0.4, 0.5) is 26.3 Å². The van der Waals surface area contributed by atoms with Crippen molar-refractivity contribution >= 4 is 59.6 Å². The second-order valence-electron chi connectivity index (χ2n) is 13.1. The van der Waals surface area contributed by atoms with Crippen molar-refractivity contribution in [2.24, 2.45) is 0 Å². The van der Waals surface area contributed by atoms with Gasteiger partial charge in [-0.25, -0.2) is 9.59 Å². The van der Waals surface area contributed by atoms with E-state index in [9.17, 15) is 26.3 Å². The fourth-order valence-electron chi connectivity index (χ4n) is 5.32. The number of carbonyl (C=O) groups is 2. The quantitative estimate of drug-likeness (QED) is 0.0755. The number of halogens is 6. The van der Waals surface area contributed by atoms with Gasteiger partial charge in [-0.2, -0.15) is 86.0 Å². The molecule has 2 radical (unpaired) electrons. The predicted molar refractivity (Wildman–Crippen MR) is 224 cm³/mol. The van der Waals surface area contributed by atoms with Crippen LogP contribution in [0.5, 0.6) is 0 Å². The summed E-state index contributed by atoms with van der Waals surface area (Å²) in [7, 11) is -1.10. The van der Waals surface area contributed by atoms with E-state index in [4.69, 9.17) is 19.8 Å². The zero-order valence-corrected chi connectivity index (χ0v) is 38.3. The number of carboxylic acid groups (broad SMARTS) is 2. The summed E-state index contributed by atoms with van der Waals surface area (Å²) in [6, 6.07) is 55.6. The maximum Gasteiger partial charge on any atom is 0.490 e. The van der Waals surface area contributed by atoms with Crippen LogP contribution in [0.1, 0.15) is 33.4 Å². The van der Waals surface area contributed by atoms with Gasteiger partial charge >= 0.3 is 24.3 Å². The fraction of sp³-hybridized carbons (Fsp3) is 0.174. The minimum absolute atomic E-state index is 0. The Kier molecular flexibility index (Phi) is 22.5. The fourth-order valence-corrected chi connectivity index (χ4v) is 10.3. The van der Waals surface area contributed by atoms with Gasteiger partial charge in [0.2, 0.25) is 0 Å². The maximum absolute atomic E-state index is 10.6. The third-order valence-corrected chi connectivity index (χ3v) is 12.5. The zero-order chi connectivity index (χ0) is 43.2. The van der Waals surface area contributed by atoms with Crippen molar-refractivity contribution < 1.29 is 85.1 Å². The Morgan fingerprint density at radius 3 is 0.833 bits per heavy atom. The van der Waals surface area contributed by atoms with E-state index in [1.807, 2.05) is 0 Å². The molecule has 322 valence electrons. The van der Waals surface area contributed by atoms with Crippen molar-refractivity contribution in [3.05, 3.63) is 179 Å². The van der Waals surface area contributed by atoms with Crippen LogP contribution in [-0.2, 0) is 48.5 Å². The van der Waals surface area contributed by atoms with Gasteiger partial charge in [0.1, 0.15) is 0 Å². The van der Waals surface area contributed by atoms with Crippen molar-refractivity contribution in [1.29, 1.82) is 0 Å². The molecular weight excluding hydrogens is 998 g/mol. The van der Waals surface area contributed by atoms with Gasteiger partial charge in [-0.05, 0) is 64.8 Å². The smallest absolute Gasteiger partial charge is 0.475 e. The van der Waals surface area contributed by atoms with Crippen LogP contribution >= 0.6 is 15.8 Å². The minimum Gasteiger partial charge on any atom is -0.475 e. The zero-order valence-electron chi connectivity index (χ0n) is 33.2. The molecule has 6 aromatic rings. The summed E-state index contributed by atoms with van der Waals surface area (Å²) in [5, 5.41) is 22.4. The van der Waals surface area contributed by atoms with E-state index in [2.05, 4.69) is 187 Å². The Balaban J connectivity index is 0.000000447. The molecule has 0 aliphatic rings. The molecule has 0 aromatic heterocycles. The third kappa shape index (κ3) is 17.9. The predicted octanol–water partition coefficient (Wildman–Crippen LogP) is 9.60. The molecule has 0 saturated heterocycles. The van der Waals surface area contributed by atoms with Crippen LogP contribution in [0.3, 0.4) is 0 Å². The van der Waals surface area contributed by atoms with Crippen LogP contribution in [0.25, 0.3) is 0 Å². The van der Waals surface area contributed by atoms with E-state index in [0.29, 0.717) is 0 Å². The van der Waals surface area contributed by atoms with Crippen LogP contribution in [0.15, 0.2) is 133 Å². The van der Waals surface area contributed by atoms with E-state index >= 15 is 0 Å². The molecule has 0 heterocycles. The first-order valence-corrected chi connectivity index (χ1v) is 20.3. The van der Waals surface area contributed by atoms with Gasteiger partial charge in [-0.3, -0.25) is 0 Å². The standard InChI is InChI=1S/2C21H20P.2C2HF3O2.2Rh/c2*1-16-7-4-10-19(13-16)22(20-11-5-8-17(2)14-20)21-12-6-9-18(3)15-21;2*3-2(4,5)1(6)7;;/h2*4-14H,1-3H3;2*(H,6,7);;/q2*-1;;;;. The molecular formula is C46H42F6O4P2Rh2-2. The molecule has 0 spiro atoms. The molecule has 0 saturated carbocycles. The minimum atomic E-state index is -5.08. The number of hydrogen-bond donors (Lipinski definition) is 2. The van der Waals surface area contributed by atoms with Gasteiger partial charge in [0, 0.05) is 39.0 Å². The summed E-state index contributed by atoms with van der Waals surface area (Å²) in [5.74, 6) is -5.51. The maximum atomic E-state index is 10.6. The number of carboxylic acids is 2. The van der Waals surface area contributed by atoms with E-state index in [1.54, 1.807) is 0 Å². The number of hydrogen-bond acceptors (Lipinski definition) is 2. The average molecular weight is 1040 g/mol. The molecule has 0 fully saturated rings. The second kappa shape index (κ2) is 25.0. The first kappa shape index (κ1) is 54.0. The van der Waals surface area contributed by atoms with Crippen LogP contribution in [-0.4, -0.2) is 34.5 Å². The van der Waals surface area contributed by atoms with Gasteiger partial charge in [0.05, 0.1) is 0 Å². The Bertz CT molecular complexity index is 1920. The van der Waals surface area contributed by atoms with Gasteiger partial charge in [-0.15, -0.1) is 10.6 Å². The van der Waals surface area contributed by atoms with Gasteiger partial charge in [-0.1, -0.05) is 133 Å². The molecule has 0 bridgehead atoms. The molecule has 6 rings (SSSR count). The van der Waals surface area contributed by atoms with E-state index < -0.39 is 40.1 Å². The Labute approximate surface area is 375 Å². The Morgan fingerprint density at radius 1 is 0.433 bits per heavy atom. The second-order valence-corrected chi connectivity index (χ2v) is 17.4. The van der Waals surface area contributed by atoms with Crippen LogP contribution in [0.2, 0.25) is 0 Å². The Morgan fingerprint density at radius 2 is 0.650 bits per heavy atom. The molecule has 14 heteroatoms. The van der Waals surface area contributed by atoms with Gasteiger partial charge < -0.3 is 10.2 Å². The summed E-state index contributed by atoms with van der Waals surface area (Å²) in [6.07, 6.45) is -10.2. The largest absolute Gasteiger partial charge is 0.490 e. The van der Waals surface area contributed by atoms with Crippen molar-refractivity contribution in [1.82, 2.24) is 0 Å². The summed E-state index contributed by atoms with van der Waals surface area (Å²) in [5.41, 5.74) is 7.64. The monoisotopic (exact) mass is 1040 g/mol. The van der Waals surface area contributed by atoms with E-state index in [0.717, 1.165) is 0 Å². The number of rotatable bonds is 6. The summed E-state index contributed by atoms with van der Waals surface area (Å²) in [4.78, 5) is 17.8. The van der Waals surface area contributed by atoms with Crippen molar-refractivity contribution in [2.75, 3.05) is 0 Å². The average Bonchev–Trinajstić information content (AvgIpc) is 3.12. The van der Waals surface area contributed by atoms with Gasteiger partial charge in [0.25, 0.3) is 0 Å². The SMILES string of the molecule is Cc1[c-]c(P(c2cccc(C)c2)c2cccc(C)c2)ccc1.Cc1[c-]c(P(c2cccc(C)c2)c2cccc(C)c2)ccc1.O=C(O)C(F)(F)F.O=C(O)C(F)(F)F.[Rh].[Rh]. The number of aryl methyl sites for hydroxylation is 6. The number of alkyl halides is 6. The third-order valence-electron chi connectivity index (χ3n) is 7.86. The van der Waals surface area contributed by atoms with Crippen LogP contribution in [0, 0.1) is 53.7 Å². The molecule has 0 atom stereocenters. The number of aliphatic carboxylic acids is 2. The summed E-state index contributed by atoms with van der Waals surface area (Å²) < 4.78 is 63.5. The molecule has 0 aliphatic heterocycles. The van der Waals surface area contributed by atoms with Crippen molar-refractivity contribution in [3.8, 4) is 0 Å². The molecule has 2 N–H and O–H groups in total. The molecule has 0 aliphatic carbocycles. The van der Waals surface area contributed by atoms with E-state index in [1.165, 1.54) is 65.2 Å². The molecule has 60 heavy (non-hydrogen) atoms. The van der Waals surface area contributed by atoms with Crippen molar-refractivity contribution in [3.63, 3.8) is 0 Å². The van der Waals surface area contributed by atoms with Gasteiger partial charge in [0.15, 0.2) is 0 Å². The normalized spacial score (nSPS) is 10.6. The molecule has 0 unspecified atom stereocenters. The topological polar surface area (TPSA) is 74.6 Å². The van der Waals surface area contributed by atoms with Crippen molar-refractivity contribution in [2.45, 2.75) is 53.9 Å². The number of benzene rings is 6. The summed E-state index contributed by atoms with van der Waals surface area (Å²) in [6.45, 7) is 12.9. The molecule has 6 aromatic carbocycles. The summed E-state index contributed by atoms with van der Waals surface area (Å²) >= 11 is 0.